The van der Waals surface area contributed by atoms with Gasteiger partial charge in [-0.2, -0.15) is 5.26 Å². The van der Waals surface area contributed by atoms with Crippen molar-refractivity contribution in [2.75, 3.05) is 18.0 Å². The fourth-order valence-electron chi connectivity index (χ4n) is 4.81. The number of carbonyl (C=O) groups excluding carboxylic acids is 1. The first-order chi connectivity index (χ1) is 15.1. The monoisotopic (exact) mass is 472 g/mol. The maximum absolute atomic E-state index is 13.3. The van der Waals surface area contributed by atoms with Gasteiger partial charge in [-0.05, 0) is 57.1 Å². The van der Waals surface area contributed by atoms with Crippen LogP contribution in [0.3, 0.4) is 0 Å². The SMILES string of the molecule is CCCn1c(N2CC(C)CC(C)C2)c(/C=C2\SC(=S)N(C(C)C)C2=O)c(C)c(C#N)c1=O. The zero-order chi connectivity index (χ0) is 23.7. The van der Waals surface area contributed by atoms with E-state index in [0.29, 0.717) is 33.2 Å². The Labute approximate surface area is 200 Å². The molecule has 0 aliphatic carbocycles. The Kier molecular flexibility index (Phi) is 7.51. The molecule has 8 heteroatoms. The van der Waals surface area contributed by atoms with Gasteiger partial charge in [0.25, 0.3) is 11.5 Å². The van der Waals surface area contributed by atoms with Gasteiger partial charge in [0.2, 0.25) is 0 Å². The molecule has 0 saturated carbocycles. The number of pyridine rings is 1. The molecule has 3 rings (SSSR count). The van der Waals surface area contributed by atoms with E-state index < -0.39 is 0 Å². The highest BCUT2D eigenvalue weighted by Gasteiger charge is 2.35. The number of nitriles is 1. The largest absolute Gasteiger partial charge is 0.357 e. The molecule has 6 nitrogen and oxygen atoms in total. The summed E-state index contributed by atoms with van der Waals surface area (Å²) in [5, 5.41) is 9.77. The molecule has 0 bridgehead atoms. The van der Waals surface area contributed by atoms with Crippen LogP contribution in [0.15, 0.2) is 9.70 Å². The summed E-state index contributed by atoms with van der Waals surface area (Å²) in [5.74, 6) is 1.69. The fraction of sp³-hybridized carbons (Fsp3) is 0.583. The molecule has 172 valence electrons. The Morgan fingerprint density at radius 2 is 1.88 bits per heavy atom. The quantitative estimate of drug-likeness (QED) is 0.463. The second-order valence-corrected chi connectivity index (χ2v) is 11.0. The van der Waals surface area contributed by atoms with Crippen LogP contribution in [0, 0.1) is 30.1 Å². The fourth-order valence-corrected chi connectivity index (χ4v) is 6.31. The predicted octanol–water partition coefficient (Wildman–Crippen LogP) is 4.53. The second kappa shape index (κ2) is 9.80. The average Bonchev–Trinajstić information content (AvgIpc) is 2.98. The molecular weight excluding hydrogens is 440 g/mol. The molecule has 2 aliphatic heterocycles. The smallest absolute Gasteiger partial charge is 0.270 e. The van der Waals surface area contributed by atoms with Crippen molar-refractivity contribution in [1.82, 2.24) is 9.47 Å². The number of rotatable bonds is 5. The van der Waals surface area contributed by atoms with E-state index in [4.69, 9.17) is 12.2 Å². The van der Waals surface area contributed by atoms with Crippen molar-refractivity contribution < 1.29 is 4.79 Å². The topological polar surface area (TPSA) is 69.3 Å². The van der Waals surface area contributed by atoms with Crippen LogP contribution in [0.25, 0.3) is 6.08 Å². The van der Waals surface area contributed by atoms with E-state index in [0.717, 1.165) is 37.3 Å². The Hall–Kier alpha value is -2.11. The van der Waals surface area contributed by atoms with E-state index in [-0.39, 0.29) is 23.1 Å². The van der Waals surface area contributed by atoms with E-state index in [1.165, 1.54) is 11.8 Å². The first-order valence-corrected chi connectivity index (χ1v) is 12.5. The van der Waals surface area contributed by atoms with Crippen molar-refractivity contribution in [2.24, 2.45) is 11.8 Å². The van der Waals surface area contributed by atoms with E-state index in [9.17, 15) is 14.9 Å². The molecule has 0 aromatic carbocycles. The van der Waals surface area contributed by atoms with Gasteiger partial charge in [0.05, 0.1) is 4.91 Å². The van der Waals surface area contributed by atoms with Crippen LogP contribution in [-0.2, 0) is 11.3 Å². The predicted molar refractivity (Wildman–Crippen MR) is 136 cm³/mol. The van der Waals surface area contributed by atoms with Crippen LogP contribution in [0.1, 0.15) is 64.2 Å². The van der Waals surface area contributed by atoms with Gasteiger partial charge in [0, 0.05) is 31.2 Å². The summed E-state index contributed by atoms with van der Waals surface area (Å²) in [6, 6.07) is 2.09. The summed E-state index contributed by atoms with van der Waals surface area (Å²) in [6.07, 6.45) is 3.77. The summed E-state index contributed by atoms with van der Waals surface area (Å²) in [5.41, 5.74) is 1.30. The number of nitrogens with zero attached hydrogens (tertiary/aromatic N) is 4. The zero-order valence-corrected chi connectivity index (χ0v) is 21.4. The summed E-state index contributed by atoms with van der Waals surface area (Å²) >= 11 is 6.74. The maximum atomic E-state index is 13.3. The summed E-state index contributed by atoms with van der Waals surface area (Å²) in [7, 11) is 0. The van der Waals surface area contributed by atoms with Gasteiger partial charge in [0.15, 0.2) is 0 Å². The van der Waals surface area contributed by atoms with Gasteiger partial charge in [-0.3, -0.25) is 19.1 Å². The summed E-state index contributed by atoms with van der Waals surface area (Å²) in [6.45, 7) is 14.4. The van der Waals surface area contributed by atoms with Crippen molar-refractivity contribution in [3.05, 3.63) is 31.9 Å². The number of thioether (sulfide) groups is 1. The Morgan fingerprint density at radius 3 is 2.38 bits per heavy atom. The standard InChI is InChI=1S/C24H32N4O2S2/c1-7-8-27-21(26-12-15(4)9-16(5)13-26)18(17(6)19(11-25)22(27)29)10-20-23(30)28(14(2)3)24(31)32-20/h10,14-16H,7-9,12-13H2,1-6H3/b20-10-. The molecule has 2 aliphatic rings. The molecule has 1 amide bonds. The highest BCUT2D eigenvalue weighted by Crippen LogP contribution is 2.38. The highest BCUT2D eigenvalue weighted by molar-refractivity contribution is 8.26. The van der Waals surface area contributed by atoms with Gasteiger partial charge in [-0.15, -0.1) is 0 Å². The van der Waals surface area contributed by atoms with Gasteiger partial charge < -0.3 is 4.90 Å². The number of hydrogen-bond acceptors (Lipinski definition) is 6. The Morgan fingerprint density at radius 1 is 1.25 bits per heavy atom. The first kappa shape index (κ1) is 24.5. The third kappa shape index (κ3) is 4.51. The van der Waals surface area contributed by atoms with Crippen LogP contribution in [0.2, 0.25) is 0 Å². The summed E-state index contributed by atoms with van der Waals surface area (Å²) < 4.78 is 2.28. The molecule has 32 heavy (non-hydrogen) atoms. The van der Waals surface area contributed by atoms with Gasteiger partial charge in [-0.1, -0.05) is 44.8 Å². The minimum Gasteiger partial charge on any atom is -0.357 e. The van der Waals surface area contributed by atoms with Gasteiger partial charge in [-0.25, -0.2) is 0 Å². The molecule has 2 unspecified atom stereocenters. The lowest BCUT2D eigenvalue weighted by Crippen LogP contribution is -2.43. The van der Waals surface area contributed by atoms with E-state index >= 15 is 0 Å². The third-order valence-electron chi connectivity index (χ3n) is 6.08. The average molecular weight is 473 g/mol. The van der Waals surface area contributed by atoms with Crippen LogP contribution in [-0.4, -0.2) is 38.8 Å². The normalized spacial score (nSPS) is 22.9. The molecule has 2 atom stereocenters. The van der Waals surface area contributed by atoms with Crippen molar-refractivity contribution in [3.63, 3.8) is 0 Å². The molecule has 3 heterocycles. The van der Waals surface area contributed by atoms with Gasteiger partial charge >= 0.3 is 0 Å². The van der Waals surface area contributed by atoms with E-state index in [2.05, 4.69) is 24.8 Å². The summed E-state index contributed by atoms with van der Waals surface area (Å²) in [4.78, 5) is 30.8. The molecule has 2 saturated heterocycles. The number of anilines is 1. The number of piperidine rings is 1. The first-order valence-electron chi connectivity index (χ1n) is 11.3. The number of aromatic nitrogens is 1. The van der Waals surface area contributed by atoms with Crippen LogP contribution >= 0.6 is 24.0 Å². The van der Waals surface area contributed by atoms with Crippen molar-refractivity contribution in [3.8, 4) is 6.07 Å². The number of hydrogen-bond donors (Lipinski definition) is 0. The minimum absolute atomic E-state index is 0.0264. The Balaban J connectivity index is 2.28. The lowest BCUT2D eigenvalue weighted by molar-refractivity contribution is -0.123. The highest BCUT2D eigenvalue weighted by atomic mass is 32.2. The molecule has 1 aromatic heterocycles. The molecule has 1 aromatic rings. The van der Waals surface area contributed by atoms with E-state index in [1.807, 2.05) is 33.8 Å². The van der Waals surface area contributed by atoms with Crippen molar-refractivity contribution in [2.45, 2.75) is 67.0 Å². The van der Waals surface area contributed by atoms with E-state index in [1.54, 1.807) is 9.47 Å². The number of amides is 1. The van der Waals surface area contributed by atoms with Crippen LogP contribution in [0.5, 0.6) is 0 Å². The van der Waals surface area contributed by atoms with Gasteiger partial charge in [0.1, 0.15) is 21.8 Å². The zero-order valence-electron chi connectivity index (χ0n) is 19.8. The van der Waals surface area contributed by atoms with Crippen LogP contribution in [0.4, 0.5) is 5.82 Å². The number of carbonyl (C=O) groups is 1. The maximum Gasteiger partial charge on any atom is 0.270 e. The minimum atomic E-state index is -0.250. The molecule has 0 N–H and O–H groups in total. The lowest BCUT2D eigenvalue weighted by Gasteiger charge is -2.39. The molecule has 2 fully saturated rings. The third-order valence-corrected chi connectivity index (χ3v) is 7.41. The lowest BCUT2D eigenvalue weighted by atomic mass is 9.91. The molecular formula is C24H32N4O2S2. The van der Waals surface area contributed by atoms with Crippen molar-refractivity contribution in [1.29, 1.82) is 5.26 Å². The second-order valence-electron chi connectivity index (χ2n) is 9.30. The Bertz CT molecular complexity index is 1060. The van der Waals surface area contributed by atoms with Crippen LogP contribution < -0.4 is 10.5 Å². The molecule has 0 spiro atoms. The van der Waals surface area contributed by atoms with Crippen molar-refractivity contribution >= 4 is 46.1 Å². The number of thiocarbonyl (C=S) groups is 1. The molecule has 0 radical (unpaired) electrons.